The first-order chi connectivity index (χ1) is 10.7. The summed E-state index contributed by atoms with van der Waals surface area (Å²) in [5.41, 5.74) is 2.45. The van der Waals surface area contributed by atoms with Gasteiger partial charge in [0.25, 0.3) is 0 Å². The highest BCUT2D eigenvalue weighted by Crippen LogP contribution is 2.31. The molecule has 5 heteroatoms. The van der Waals surface area contributed by atoms with Crippen molar-refractivity contribution < 1.29 is 4.39 Å². The SMILES string of the molecule is Cc1ccc(-c2nc3cccnc3n2-c2ccc(F)cc2)s1. The fourth-order valence-electron chi connectivity index (χ4n) is 2.47. The van der Waals surface area contributed by atoms with Gasteiger partial charge in [-0.25, -0.2) is 14.4 Å². The molecule has 108 valence electrons. The molecule has 3 nitrogen and oxygen atoms in total. The van der Waals surface area contributed by atoms with Gasteiger partial charge in [0.1, 0.15) is 11.3 Å². The summed E-state index contributed by atoms with van der Waals surface area (Å²) in [4.78, 5) is 11.4. The van der Waals surface area contributed by atoms with Gasteiger partial charge in [0.2, 0.25) is 0 Å². The number of imidazole rings is 1. The smallest absolute Gasteiger partial charge is 0.164 e. The van der Waals surface area contributed by atoms with Crippen LogP contribution in [-0.4, -0.2) is 14.5 Å². The van der Waals surface area contributed by atoms with Gasteiger partial charge < -0.3 is 0 Å². The number of hydrogen-bond acceptors (Lipinski definition) is 3. The molecule has 4 rings (SSSR count). The molecule has 3 aromatic heterocycles. The number of aryl methyl sites for hydroxylation is 1. The van der Waals surface area contributed by atoms with Crippen molar-refractivity contribution in [1.29, 1.82) is 0 Å². The predicted molar refractivity (Wildman–Crippen MR) is 86.9 cm³/mol. The van der Waals surface area contributed by atoms with Crippen molar-refractivity contribution in [3.63, 3.8) is 0 Å². The van der Waals surface area contributed by atoms with Crippen LogP contribution in [0.25, 0.3) is 27.6 Å². The number of aromatic nitrogens is 3. The second-order valence-corrected chi connectivity index (χ2v) is 6.29. The molecule has 0 unspecified atom stereocenters. The molecule has 0 atom stereocenters. The van der Waals surface area contributed by atoms with Gasteiger partial charge in [-0.3, -0.25) is 4.57 Å². The maximum atomic E-state index is 13.2. The molecule has 0 N–H and O–H groups in total. The van der Waals surface area contributed by atoms with Gasteiger partial charge >= 0.3 is 0 Å². The Kier molecular flexibility index (Phi) is 3.01. The van der Waals surface area contributed by atoms with Crippen LogP contribution in [0.5, 0.6) is 0 Å². The maximum Gasteiger partial charge on any atom is 0.164 e. The third-order valence-corrected chi connectivity index (χ3v) is 4.46. The highest BCUT2D eigenvalue weighted by atomic mass is 32.1. The van der Waals surface area contributed by atoms with Crippen LogP contribution in [-0.2, 0) is 0 Å². The quantitative estimate of drug-likeness (QED) is 0.542. The molecule has 4 aromatic rings. The van der Waals surface area contributed by atoms with E-state index in [2.05, 4.69) is 24.0 Å². The molecular formula is C17H12FN3S. The molecule has 0 saturated heterocycles. The largest absolute Gasteiger partial charge is 0.276 e. The van der Waals surface area contributed by atoms with E-state index in [0.29, 0.717) is 0 Å². The van der Waals surface area contributed by atoms with Gasteiger partial charge in [0.15, 0.2) is 11.5 Å². The number of rotatable bonds is 2. The normalized spacial score (nSPS) is 11.2. The van der Waals surface area contributed by atoms with Crippen molar-refractivity contribution in [3.8, 4) is 16.4 Å². The first-order valence-electron chi connectivity index (χ1n) is 6.88. The molecule has 0 fully saturated rings. The summed E-state index contributed by atoms with van der Waals surface area (Å²) < 4.78 is 15.2. The van der Waals surface area contributed by atoms with Gasteiger partial charge in [-0.1, -0.05) is 0 Å². The van der Waals surface area contributed by atoms with Gasteiger partial charge in [-0.05, 0) is 55.5 Å². The van der Waals surface area contributed by atoms with Gasteiger partial charge in [0.05, 0.1) is 4.88 Å². The molecule has 0 amide bonds. The molecule has 22 heavy (non-hydrogen) atoms. The Morgan fingerprint density at radius 3 is 2.59 bits per heavy atom. The molecule has 0 radical (unpaired) electrons. The van der Waals surface area contributed by atoms with Crippen LogP contribution < -0.4 is 0 Å². The number of thiophene rings is 1. The van der Waals surface area contributed by atoms with E-state index >= 15 is 0 Å². The number of pyridine rings is 1. The van der Waals surface area contributed by atoms with E-state index in [1.165, 1.54) is 17.0 Å². The lowest BCUT2D eigenvalue weighted by Gasteiger charge is -2.07. The Labute approximate surface area is 130 Å². The number of fused-ring (bicyclic) bond motifs is 1. The summed E-state index contributed by atoms with van der Waals surface area (Å²) in [6.07, 6.45) is 1.74. The zero-order valence-electron chi connectivity index (χ0n) is 11.8. The Morgan fingerprint density at radius 2 is 1.86 bits per heavy atom. The fraction of sp³-hybridized carbons (Fsp3) is 0.0588. The predicted octanol–water partition coefficient (Wildman–Crippen LogP) is 4.60. The first-order valence-corrected chi connectivity index (χ1v) is 7.70. The molecule has 0 bridgehead atoms. The molecule has 0 aliphatic rings. The standard InChI is InChI=1S/C17H12FN3S/c1-11-4-9-15(22-11)17-20-14-3-2-10-19-16(14)21(17)13-7-5-12(18)6-8-13/h2-10H,1H3. The molecule has 0 aliphatic heterocycles. The van der Waals surface area contributed by atoms with E-state index in [4.69, 9.17) is 4.98 Å². The zero-order valence-corrected chi connectivity index (χ0v) is 12.6. The van der Waals surface area contributed by atoms with Crippen LogP contribution >= 0.6 is 11.3 Å². The minimum Gasteiger partial charge on any atom is -0.276 e. The van der Waals surface area contributed by atoms with Crippen molar-refractivity contribution in [3.05, 3.63) is 65.4 Å². The van der Waals surface area contributed by atoms with E-state index in [1.807, 2.05) is 16.7 Å². The first kappa shape index (κ1) is 13.2. The Balaban J connectivity index is 2.03. The van der Waals surface area contributed by atoms with Crippen LogP contribution in [0, 0.1) is 12.7 Å². The average Bonchev–Trinajstić information content (AvgIpc) is 3.11. The van der Waals surface area contributed by atoms with Crippen molar-refractivity contribution in [2.24, 2.45) is 0 Å². The average molecular weight is 309 g/mol. The number of nitrogens with zero attached hydrogens (tertiary/aromatic N) is 3. The van der Waals surface area contributed by atoms with Gasteiger partial charge in [0, 0.05) is 16.8 Å². The summed E-state index contributed by atoms with van der Waals surface area (Å²) in [7, 11) is 0. The second kappa shape index (κ2) is 5.03. The van der Waals surface area contributed by atoms with E-state index in [-0.39, 0.29) is 5.82 Å². The second-order valence-electron chi connectivity index (χ2n) is 5.00. The topological polar surface area (TPSA) is 30.7 Å². The minimum absolute atomic E-state index is 0.255. The summed E-state index contributed by atoms with van der Waals surface area (Å²) >= 11 is 1.68. The molecule has 3 heterocycles. The highest BCUT2D eigenvalue weighted by molar-refractivity contribution is 7.15. The van der Waals surface area contributed by atoms with Crippen LogP contribution in [0.15, 0.2) is 54.7 Å². The van der Waals surface area contributed by atoms with Crippen molar-refractivity contribution in [1.82, 2.24) is 14.5 Å². The third kappa shape index (κ3) is 2.10. The number of benzene rings is 1. The monoisotopic (exact) mass is 309 g/mol. The summed E-state index contributed by atoms with van der Waals surface area (Å²) in [6.45, 7) is 2.07. The van der Waals surface area contributed by atoms with E-state index in [9.17, 15) is 4.39 Å². The van der Waals surface area contributed by atoms with Crippen molar-refractivity contribution in [2.75, 3.05) is 0 Å². The van der Waals surface area contributed by atoms with Crippen molar-refractivity contribution in [2.45, 2.75) is 6.92 Å². The highest BCUT2D eigenvalue weighted by Gasteiger charge is 2.16. The van der Waals surface area contributed by atoms with Crippen LogP contribution in [0.3, 0.4) is 0 Å². The van der Waals surface area contributed by atoms with Crippen molar-refractivity contribution >= 4 is 22.5 Å². The molecule has 0 aliphatic carbocycles. The van der Waals surface area contributed by atoms with Gasteiger partial charge in [-0.15, -0.1) is 11.3 Å². The summed E-state index contributed by atoms with van der Waals surface area (Å²) in [5.74, 6) is 0.577. The molecule has 0 saturated carbocycles. The van der Waals surface area contributed by atoms with E-state index < -0.39 is 0 Å². The Hall–Kier alpha value is -2.53. The molecular weight excluding hydrogens is 297 g/mol. The summed E-state index contributed by atoms with van der Waals surface area (Å²) in [6, 6.07) is 14.3. The Morgan fingerprint density at radius 1 is 1.05 bits per heavy atom. The lowest BCUT2D eigenvalue weighted by Crippen LogP contribution is -1.97. The lowest BCUT2D eigenvalue weighted by molar-refractivity contribution is 0.627. The number of halogens is 1. The lowest BCUT2D eigenvalue weighted by atomic mass is 10.3. The summed E-state index contributed by atoms with van der Waals surface area (Å²) in [5, 5.41) is 0. The van der Waals surface area contributed by atoms with E-state index in [0.717, 1.165) is 27.6 Å². The third-order valence-electron chi connectivity index (χ3n) is 3.46. The van der Waals surface area contributed by atoms with E-state index in [1.54, 1.807) is 29.7 Å². The zero-order chi connectivity index (χ0) is 15.1. The molecule has 1 aromatic carbocycles. The van der Waals surface area contributed by atoms with Crippen LogP contribution in [0.2, 0.25) is 0 Å². The maximum absolute atomic E-state index is 13.2. The van der Waals surface area contributed by atoms with Crippen LogP contribution in [0.1, 0.15) is 4.88 Å². The van der Waals surface area contributed by atoms with Gasteiger partial charge in [-0.2, -0.15) is 0 Å². The Bertz CT molecular complexity index is 954. The minimum atomic E-state index is -0.255. The fourth-order valence-corrected chi connectivity index (χ4v) is 3.31. The molecule has 0 spiro atoms. The number of hydrogen-bond donors (Lipinski definition) is 0. The van der Waals surface area contributed by atoms with Crippen LogP contribution in [0.4, 0.5) is 4.39 Å².